The molecule has 1 N–H and O–H groups in total. The van der Waals surface area contributed by atoms with Crippen molar-refractivity contribution < 1.29 is 0 Å². The van der Waals surface area contributed by atoms with Crippen molar-refractivity contribution in [2.45, 2.75) is 45.6 Å². The molecule has 3 heteroatoms. The molecule has 102 valence electrons. The van der Waals surface area contributed by atoms with Gasteiger partial charge in [-0.3, -0.25) is 0 Å². The molecule has 0 bridgehead atoms. The minimum absolute atomic E-state index is 0.780. The average molecular weight is 241 g/mol. The molecule has 1 saturated heterocycles. The van der Waals surface area contributed by atoms with Gasteiger partial charge < -0.3 is 15.1 Å². The van der Waals surface area contributed by atoms with Gasteiger partial charge >= 0.3 is 0 Å². The van der Waals surface area contributed by atoms with Crippen LogP contribution in [0.25, 0.3) is 0 Å². The highest BCUT2D eigenvalue weighted by Crippen LogP contribution is 2.11. The Hall–Kier alpha value is -0.120. The first-order valence-electron chi connectivity index (χ1n) is 7.41. The minimum atomic E-state index is 0.780. The standard InChI is InChI=1S/C14H31N3/c1-4-8-15-9-6-7-10-17-12-11-16(3)14(5-2)13-17/h14-15H,4-13H2,1-3H3. The zero-order valence-electron chi connectivity index (χ0n) is 12.0. The van der Waals surface area contributed by atoms with E-state index >= 15 is 0 Å². The van der Waals surface area contributed by atoms with Crippen LogP contribution in [0.2, 0.25) is 0 Å². The molecule has 0 aliphatic carbocycles. The van der Waals surface area contributed by atoms with Crippen molar-refractivity contribution in [2.24, 2.45) is 0 Å². The van der Waals surface area contributed by atoms with E-state index < -0.39 is 0 Å². The fraction of sp³-hybridized carbons (Fsp3) is 1.00. The Balaban J connectivity index is 2.03. The van der Waals surface area contributed by atoms with Gasteiger partial charge in [-0.25, -0.2) is 0 Å². The second-order valence-corrected chi connectivity index (χ2v) is 5.30. The fourth-order valence-electron chi connectivity index (χ4n) is 2.54. The number of rotatable bonds is 8. The van der Waals surface area contributed by atoms with Crippen molar-refractivity contribution >= 4 is 0 Å². The van der Waals surface area contributed by atoms with Crippen LogP contribution in [0.3, 0.4) is 0 Å². The van der Waals surface area contributed by atoms with Crippen LogP contribution < -0.4 is 5.32 Å². The van der Waals surface area contributed by atoms with Crippen LogP contribution in [0.4, 0.5) is 0 Å². The molecular formula is C14H31N3. The van der Waals surface area contributed by atoms with Crippen LogP contribution in [0.15, 0.2) is 0 Å². The van der Waals surface area contributed by atoms with Crippen molar-refractivity contribution in [1.82, 2.24) is 15.1 Å². The van der Waals surface area contributed by atoms with E-state index in [-0.39, 0.29) is 0 Å². The summed E-state index contributed by atoms with van der Waals surface area (Å²) < 4.78 is 0. The maximum Gasteiger partial charge on any atom is 0.0218 e. The monoisotopic (exact) mass is 241 g/mol. The average Bonchev–Trinajstić information content (AvgIpc) is 2.35. The molecule has 0 aromatic carbocycles. The van der Waals surface area contributed by atoms with E-state index in [0.717, 1.165) is 6.04 Å². The lowest BCUT2D eigenvalue weighted by Crippen LogP contribution is -2.51. The number of unbranched alkanes of at least 4 members (excludes halogenated alkanes) is 1. The van der Waals surface area contributed by atoms with Gasteiger partial charge in [-0.05, 0) is 52.4 Å². The molecule has 1 heterocycles. The maximum atomic E-state index is 3.47. The van der Waals surface area contributed by atoms with Crippen LogP contribution in [0.1, 0.15) is 39.5 Å². The lowest BCUT2D eigenvalue weighted by Gasteiger charge is -2.39. The summed E-state index contributed by atoms with van der Waals surface area (Å²) in [7, 11) is 2.26. The van der Waals surface area contributed by atoms with Gasteiger partial charge in [0.1, 0.15) is 0 Å². The topological polar surface area (TPSA) is 18.5 Å². The normalized spacial score (nSPS) is 23.1. The molecule has 0 aromatic rings. The highest BCUT2D eigenvalue weighted by Gasteiger charge is 2.21. The number of hydrogen-bond donors (Lipinski definition) is 1. The van der Waals surface area contributed by atoms with Gasteiger partial charge in [0.15, 0.2) is 0 Å². The van der Waals surface area contributed by atoms with Gasteiger partial charge in [0.05, 0.1) is 0 Å². The predicted molar refractivity (Wildman–Crippen MR) is 75.5 cm³/mol. The van der Waals surface area contributed by atoms with Crippen LogP contribution in [0, 0.1) is 0 Å². The van der Waals surface area contributed by atoms with Gasteiger partial charge in [0.25, 0.3) is 0 Å². The third kappa shape index (κ3) is 5.84. The summed E-state index contributed by atoms with van der Waals surface area (Å²) in [5.74, 6) is 0. The zero-order chi connectivity index (χ0) is 12.5. The van der Waals surface area contributed by atoms with Gasteiger partial charge in [-0.15, -0.1) is 0 Å². The first kappa shape index (κ1) is 14.9. The summed E-state index contributed by atoms with van der Waals surface area (Å²) in [6.45, 7) is 12.0. The lowest BCUT2D eigenvalue weighted by molar-refractivity contribution is 0.0921. The molecule has 1 rings (SSSR count). The zero-order valence-corrected chi connectivity index (χ0v) is 12.0. The molecule has 0 radical (unpaired) electrons. The molecule has 1 aliphatic heterocycles. The summed E-state index contributed by atoms with van der Waals surface area (Å²) >= 11 is 0. The number of nitrogens with one attached hydrogen (secondary N) is 1. The molecule has 1 aliphatic rings. The molecule has 17 heavy (non-hydrogen) atoms. The van der Waals surface area contributed by atoms with Crippen molar-refractivity contribution in [2.75, 3.05) is 46.3 Å². The molecule has 0 saturated carbocycles. The van der Waals surface area contributed by atoms with Gasteiger partial charge in [0.2, 0.25) is 0 Å². The molecule has 1 fully saturated rings. The third-order valence-corrected chi connectivity index (χ3v) is 3.84. The molecule has 1 atom stereocenters. The molecular weight excluding hydrogens is 210 g/mol. The highest BCUT2D eigenvalue weighted by atomic mass is 15.3. The van der Waals surface area contributed by atoms with E-state index in [9.17, 15) is 0 Å². The Bertz CT molecular complexity index is 184. The Morgan fingerprint density at radius 2 is 1.94 bits per heavy atom. The molecule has 0 aromatic heterocycles. The molecule has 3 nitrogen and oxygen atoms in total. The largest absolute Gasteiger partial charge is 0.317 e. The van der Waals surface area contributed by atoms with Crippen molar-refractivity contribution in [3.8, 4) is 0 Å². The summed E-state index contributed by atoms with van der Waals surface area (Å²) in [6, 6.07) is 0.780. The van der Waals surface area contributed by atoms with Crippen LogP contribution >= 0.6 is 0 Å². The second kappa shape index (κ2) is 8.90. The first-order valence-corrected chi connectivity index (χ1v) is 7.41. The molecule has 1 unspecified atom stereocenters. The fourth-order valence-corrected chi connectivity index (χ4v) is 2.54. The van der Waals surface area contributed by atoms with Gasteiger partial charge in [-0.2, -0.15) is 0 Å². The Morgan fingerprint density at radius 3 is 2.65 bits per heavy atom. The maximum absolute atomic E-state index is 3.47. The second-order valence-electron chi connectivity index (χ2n) is 5.30. The number of likely N-dealkylation sites (N-methyl/N-ethyl adjacent to an activating group) is 1. The number of hydrogen-bond acceptors (Lipinski definition) is 3. The van der Waals surface area contributed by atoms with Gasteiger partial charge in [-0.1, -0.05) is 13.8 Å². The van der Waals surface area contributed by atoms with E-state index in [4.69, 9.17) is 0 Å². The Morgan fingerprint density at radius 1 is 1.12 bits per heavy atom. The van der Waals surface area contributed by atoms with E-state index in [1.54, 1.807) is 0 Å². The summed E-state index contributed by atoms with van der Waals surface area (Å²) in [5.41, 5.74) is 0. The predicted octanol–water partition coefficient (Wildman–Crippen LogP) is 1.79. The quantitative estimate of drug-likeness (QED) is 0.654. The lowest BCUT2D eigenvalue weighted by atomic mass is 10.1. The van der Waals surface area contributed by atoms with Crippen molar-refractivity contribution in [3.63, 3.8) is 0 Å². The van der Waals surface area contributed by atoms with Crippen molar-refractivity contribution in [3.05, 3.63) is 0 Å². The van der Waals surface area contributed by atoms with Crippen LogP contribution in [-0.4, -0.2) is 62.2 Å². The highest BCUT2D eigenvalue weighted by molar-refractivity contribution is 4.78. The first-order chi connectivity index (χ1) is 8.27. The molecule has 0 spiro atoms. The van der Waals surface area contributed by atoms with E-state index in [1.165, 1.54) is 65.0 Å². The Kier molecular flexibility index (Phi) is 7.82. The summed E-state index contributed by atoms with van der Waals surface area (Å²) in [6.07, 6.45) is 5.20. The Labute approximate surface area is 108 Å². The van der Waals surface area contributed by atoms with Gasteiger partial charge in [0, 0.05) is 25.7 Å². The SMILES string of the molecule is CCCNCCCCN1CCN(C)C(CC)C1. The summed E-state index contributed by atoms with van der Waals surface area (Å²) in [5, 5.41) is 3.47. The third-order valence-electron chi connectivity index (χ3n) is 3.84. The number of piperazine rings is 1. The minimum Gasteiger partial charge on any atom is -0.317 e. The number of nitrogens with zero attached hydrogens (tertiary/aromatic N) is 2. The summed E-state index contributed by atoms with van der Waals surface area (Å²) in [4.78, 5) is 5.16. The molecule has 0 amide bonds. The van der Waals surface area contributed by atoms with E-state index in [1.807, 2.05) is 0 Å². The smallest absolute Gasteiger partial charge is 0.0218 e. The van der Waals surface area contributed by atoms with Crippen LogP contribution in [-0.2, 0) is 0 Å². The van der Waals surface area contributed by atoms with Crippen LogP contribution in [0.5, 0.6) is 0 Å². The van der Waals surface area contributed by atoms with E-state index in [2.05, 4.69) is 36.0 Å². The van der Waals surface area contributed by atoms with Crippen molar-refractivity contribution in [1.29, 1.82) is 0 Å². The van der Waals surface area contributed by atoms with E-state index in [0.29, 0.717) is 0 Å².